The third kappa shape index (κ3) is 4.62. The zero-order valence-electron chi connectivity index (χ0n) is 19.4. The molecule has 0 unspecified atom stereocenters. The van der Waals surface area contributed by atoms with Crippen LogP contribution < -0.4 is 15.6 Å². The van der Waals surface area contributed by atoms with Crippen LogP contribution in [0.2, 0.25) is 0 Å². The highest BCUT2D eigenvalue weighted by Crippen LogP contribution is 2.26. The summed E-state index contributed by atoms with van der Waals surface area (Å²) in [7, 11) is 3.97. The molecule has 0 spiro atoms. The van der Waals surface area contributed by atoms with Crippen LogP contribution in [0.4, 0.5) is 5.69 Å². The van der Waals surface area contributed by atoms with E-state index in [1.165, 1.54) is 0 Å². The number of nitrogens with zero attached hydrogens (tertiary/aromatic N) is 4. The van der Waals surface area contributed by atoms with Gasteiger partial charge in [0.2, 0.25) is 0 Å². The summed E-state index contributed by atoms with van der Waals surface area (Å²) in [5.74, 6) is 0.426. The normalized spacial score (nSPS) is 11.3. The second-order valence-electron chi connectivity index (χ2n) is 8.38. The lowest BCUT2D eigenvalue weighted by atomic mass is 10.0. The average Bonchev–Trinajstić information content (AvgIpc) is 3.28. The van der Waals surface area contributed by atoms with E-state index in [1.807, 2.05) is 61.5 Å². The summed E-state index contributed by atoms with van der Waals surface area (Å²) >= 11 is 0. The third-order valence-electron chi connectivity index (χ3n) is 5.65. The zero-order valence-corrected chi connectivity index (χ0v) is 19.4. The Bertz CT molecular complexity index is 1570. The first kappa shape index (κ1) is 22.3. The van der Waals surface area contributed by atoms with E-state index in [-0.39, 0.29) is 11.5 Å². The maximum atomic E-state index is 12.9. The van der Waals surface area contributed by atoms with Crippen molar-refractivity contribution in [2.24, 2.45) is 0 Å². The van der Waals surface area contributed by atoms with E-state index in [2.05, 4.69) is 20.6 Å². The molecule has 0 bridgehead atoms. The van der Waals surface area contributed by atoms with Gasteiger partial charge in [0, 0.05) is 23.2 Å². The summed E-state index contributed by atoms with van der Waals surface area (Å²) in [4.78, 5) is 27.0. The number of ether oxygens (including phenoxy) is 1. The number of hydrogen-bond acceptors (Lipinski definition) is 6. The second-order valence-corrected chi connectivity index (χ2v) is 8.38. The molecular weight excluding hydrogens is 444 g/mol. The van der Waals surface area contributed by atoms with E-state index < -0.39 is 0 Å². The van der Waals surface area contributed by atoms with Gasteiger partial charge in [-0.25, -0.2) is 9.61 Å². The molecule has 0 aliphatic rings. The number of rotatable bonds is 7. The van der Waals surface area contributed by atoms with E-state index in [4.69, 9.17) is 4.74 Å². The Labute approximate surface area is 201 Å². The van der Waals surface area contributed by atoms with Crippen LogP contribution in [0.3, 0.4) is 0 Å². The number of aromatic amines is 1. The van der Waals surface area contributed by atoms with Gasteiger partial charge in [0.15, 0.2) is 0 Å². The smallest absolute Gasteiger partial charge is 0.272 e. The van der Waals surface area contributed by atoms with Crippen LogP contribution in [0, 0.1) is 0 Å². The maximum absolute atomic E-state index is 12.9. The molecule has 0 radical (unpaired) electrons. The molecule has 1 amide bonds. The lowest BCUT2D eigenvalue weighted by Crippen LogP contribution is -2.19. The Kier molecular flexibility index (Phi) is 5.99. The number of pyridine rings is 1. The van der Waals surface area contributed by atoms with Gasteiger partial charge in [-0.05, 0) is 44.4 Å². The SMILES string of the molecule is CN(C)CCOc1ccc2c(C(=O)Nc3ccc(-c4n[nH]c(=O)c5ccccc45)cc3)cnn2c1. The number of nitrogens with one attached hydrogen (secondary N) is 2. The predicted octanol–water partition coefficient (Wildman–Crippen LogP) is 3.43. The van der Waals surface area contributed by atoms with Crippen molar-refractivity contribution in [3.05, 3.63) is 89.0 Å². The fourth-order valence-electron chi connectivity index (χ4n) is 3.82. The largest absolute Gasteiger partial charge is 0.491 e. The van der Waals surface area contributed by atoms with Gasteiger partial charge in [-0.1, -0.05) is 30.3 Å². The highest BCUT2D eigenvalue weighted by molar-refractivity contribution is 6.09. The van der Waals surface area contributed by atoms with Crippen LogP contribution in [0.5, 0.6) is 5.75 Å². The molecule has 3 aromatic heterocycles. The Balaban J connectivity index is 1.33. The maximum Gasteiger partial charge on any atom is 0.272 e. The predicted molar refractivity (Wildman–Crippen MR) is 135 cm³/mol. The minimum absolute atomic E-state index is 0.228. The summed E-state index contributed by atoms with van der Waals surface area (Å²) in [5.41, 5.74) is 3.05. The number of benzene rings is 2. The first-order valence-electron chi connectivity index (χ1n) is 11.1. The number of fused-ring (bicyclic) bond motifs is 2. The molecule has 5 rings (SSSR count). The molecule has 0 fully saturated rings. The van der Waals surface area contributed by atoms with Crippen LogP contribution in [-0.4, -0.2) is 57.9 Å². The van der Waals surface area contributed by atoms with Crippen LogP contribution in [0.15, 0.2) is 77.9 Å². The number of carbonyl (C=O) groups is 1. The molecule has 9 nitrogen and oxygen atoms in total. The Morgan fingerprint density at radius 3 is 2.60 bits per heavy atom. The van der Waals surface area contributed by atoms with Crippen molar-refractivity contribution >= 4 is 27.9 Å². The molecular formula is C26H24N6O3. The molecule has 35 heavy (non-hydrogen) atoms. The van der Waals surface area contributed by atoms with E-state index in [0.29, 0.717) is 40.2 Å². The van der Waals surface area contributed by atoms with Gasteiger partial charge in [0.05, 0.1) is 34.6 Å². The number of carbonyl (C=O) groups excluding carboxylic acids is 1. The van der Waals surface area contributed by atoms with Crippen molar-refractivity contribution in [3.8, 4) is 17.0 Å². The number of hydrogen-bond donors (Lipinski definition) is 2. The number of H-pyrrole nitrogens is 1. The van der Waals surface area contributed by atoms with Crippen LogP contribution in [-0.2, 0) is 0 Å². The quantitative estimate of drug-likeness (QED) is 0.379. The van der Waals surface area contributed by atoms with Gasteiger partial charge >= 0.3 is 0 Å². The first-order chi connectivity index (χ1) is 17.0. The van der Waals surface area contributed by atoms with Crippen LogP contribution >= 0.6 is 0 Å². The van der Waals surface area contributed by atoms with Crippen molar-refractivity contribution in [2.75, 3.05) is 32.6 Å². The Hall–Kier alpha value is -4.50. The highest BCUT2D eigenvalue weighted by Gasteiger charge is 2.14. The summed E-state index contributed by atoms with van der Waals surface area (Å²) in [6, 6.07) is 18.3. The molecule has 2 N–H and O–H groups in total. The van der Waals surface area contributed by atoms with Gasteiger partial charge in [-0.3, -0.25) is 9.59 Å². The molecule has 3 heterocycles. The molecule has 0 saturated heterocycles. The molecule has 5 aromatic rings. The summed E-state index contributed by atoms with van der Waals surface area (Å²) in [6.45, 7) is 1.37. The zero-order chi connectivity index (χ0) is 24.4. The minimum atomic E-state index is -0.262. The van der Waals surface area contributed by atoms with Crippen molar-refractivity contribution < 1.29 is 9.53 Å². The molecule has 0 aliphatic heterocycles. The molecule has 0 atom stereocenters. The van der Waals surface area contributed by atoms with E-state index in [9.17, 15) is 9.59 Å². The standard InChI is InChI=1S/C26H24N6O3/c1-31(2)13-14-35-19-11-12-23-22(15-27-32(23)16-19)25(33)28-18-9-7-17(8-10-18)24-20-5-3-4-6-21(20)26(34)30-29-24/h3-12,15-16H,13-14H2,1-2H3,(H,28,33)(H,30,34). The van der Waals surface area contributed by atoms with Gasteiger partial charge in [-0.15, -0.1) is 0 Å². The van der Waals surface area contributed by atoms with Crippen LogP contribution in [0.25, 0.3) is 27.5 Å². The molecule has 176 valence electrons. The Morgan fingerprint density at radius 1 is 1.06 bits per heavy atom. The van der Waals surface area contributed by atoms with Gasteiger partial charge in [0.25, 0.3) is 11.5 Å². The topological polar surface area (TPSA) is 105 Å². The second kappa shape index (κ2) is 9.40. The van der Waals surface area contributed by atoms with E-state index in [0.717, 1.165) is 17.5 Å². The molecule has 2 aromatic carbocycles. The average molecular weight is 469 g/mol. The van der Waals surface area contributed by atoms with Gasteiger partial charge in [0.1, 0.15) is 12.4 Å². The highest BCUT2D eigenvalue weighted by atomic mass is 16.5. The number of aromatic nitrogens is 4. The van der Waals surface area contributed by atoms with Crippen molar-refractivity contribution in [2.45, 2.75) is 0 Å². The number of anilines is 1. The van der Waals surface area contributed by atoms with Crippen molar-refractivity contribution in [1.82, 2.24) is 24.7 Å². The molecule has 0 saturated carbocycles. The van der Waals surface area contributed by atoms with Crippen LogP contribution in [0.1, 0.15) is 10.4 Å². The minimum Gasteiger partial charge on any atom is -0.491 e. The summed E-state index contributed by atoms with van der Waals surface area (Å²) < 4.78 is 7.38. The fraction of sp³-hybridized carbons (Fsp3) is 0.154. The number of amides is 1. The lowest BCUT2D eigenvalue weighted by Gasteiger charge is -2.11. The summed E-state index contributed by atoms with van der Waals surface area (Å²) in [5, 5.41) is 15.3. The summed E-state index contributed by atoms with van der Waals surface area (Å²) in [6.07, 6.45) is 3.30. The Morgan fingerprint density at radius 2 is 1.83 bits per heavy atom. The van der Waals surface area contributed by atoms with Gasteiger partial charge < -0.3 is 15.0 Å². The third-order valence-corrected chi connectivity index (χ3v) is 5.65. The van der Waals surface area contributed by atoms with Gasteiger partial charge in [-0.2, -0.15) is 10.2 Å². The monoisotopic (exact) mass is 468 g/mol. The lowest BCUT2D eigenvalue weighted by molar-refractivity contribution is 0.102. The van der Waals surface area contributed by atoms with E-state index in [1.54, 1.807) is 35.1 Å². The fourth-order valence-corrected chi connectivity index (χ4v) is 3.82. The number of likely N-dealkylation sites (N-methyl/N-ethyl adjacent to an activating group) is 1. The molecule has 9 heteroatoms. The van der Waals surface area contributed by atoms with Crippen molar-refractivity contribution in [1.29, 1.82) is 0 Å². The van der Waals surface area contributed by atoms with E-state index >= 15 is 0 Å². The first-order valence-corrected chi connectivity index (χ1v) is 11.1. The van der Waals surface area contributed by atoms with Crippen molar-refractivity contribution in [3.63, 3.8) is 0 Å². The molecule has 0 aliphatic carbocycles.